The lowest BCUT2D eigenvalue weighted by Crippen LogP contribution is -2.22. The molecule has 0 fully saturated rings. The molecule has 0 aliphatic heterocycles. The number of anilines is 2. The molecule has 0 radical (unpaired) electrons. The fraction of sp³-hybridized carbons (Fsp3) is 0.333. The number of hydrogen-bond donors (Lipinski definition) is 0. The summed E-state index contributed by atoms with van der Waals surface area (Å²) in [4.78, 5) is 4.74. The van der Waals surface area contributed by atoms with Crippen LogP contribution in [0.5, 0.6) is 0 Å². The van der Waals surface area contributed by atoms with Crippen LogP contribution in [-0.4, -0.2) is 26.2 Å². The number of hydrogen-bond acceptors (Lipinski definition) is 2. The van der Waals surface area contributed by atoms with Crippen LogP contribution >= 0.6 is 11.6 Å². The highest BCUT2D eigenvalue weighted by Gasteiger charge is 2.20. The minimum atomic E-state index is 0.107. The van der Waals surface area contributed by atoms with Crippen LogP contribution in [0.1, 0.15) is 50.3 Å². The molecule has 0 aliphatic carbocycles. The van der Waals surface area contributed by atoms with E-state index in [4.69, 9.17) is 11.6 Å². The van der Waals surface area contributed by atoms with Crippen LogP contribution < -0.4 is 9.80 Å². The van der Waals surface area contributed by atoms with Gasteiger partial charge in [0.2, 0.25) is 0 Å². The van der Waals surface area contributed by atoms with E-state index in [-0.39, 0.29) is 5.92 Å². The summed E-state index contributed by atoms with van der Waals surface area (Å²) < 4.78 is 0. The molecule has 30 heavy (non-hydrogen) atoms. The van der Waals surface area contributed by atoms with Crippen molar-refractivity contribution in [1.29, 1.82) is 0 Å². The Hall–Kier alpha value is -2.45. The van der Waals surface area contributed by atoms with Crippen LogP contribution in [0.15, 0.2) is 72.8 Å². The van der Waals surface area contributed by atoms with Gasteiger partial charge in [-0.15, -0.1) is 0 Å². The van der Waals surface area contributed by atoms with Crippen LogP contribution in [0.4, 0.5) is 11.4 Å². The summed E-state index contributed by atoms with van der Waals surface area (Å²) in [6.45, 7) is 12.8. The highest BCUT2D eigenvalue weighted by molar-refractivity contribution is 6.31. The van der Waals surface area contributed by atoms with Crippen molar-refractivity contribution in [2.75, 3.05) is 36.0 Å². The molecule has 0 heterocycles. The van der Waals surface area contributed by atoms with Gasteiger partial charge in [-0.2, -0.15) is 0 Å². The molecule has 3 heteroatoms. The van der Waals surface area contributed by atoms with E-state index in [0.717, 1.165) is 36.8 Å². The Morgan fingerprint density at radius 1 is 0.600 bits per heavy atom. The molecule has 0 aliphatic rings. The second-order valence-electron chi connectivity index (χ2n) is 7.48. The molecule has 0 saturated carbocycles. The summed E-state index contributed by atoms with van der Waals surface area (Å²) in [6.07, 6.45) is 0. The molecule has 0 amide bonds. The molecule has 3 rings (SSSR count). The van der Waals surface area contributed by atoms with E-state index in [0.29, 0.717) is 0 Å². The Labute approximate surface area is 187 Å². The zero-order chi connectivity index (χ0) is 21.5. The normalized spacial score (nSPS) is 11.0. The summed E-state index contributed by atoms with van der Waals surface area (Å²) in [7, 11) is 0. The molecule has 0 saturated heterocycles. The highest BCUT2D eigenvalue weighted by Crippen LogP contribution is 2.37. The molecular formula is C27H33ClN2. The summed E-state index contributed by atoms with van der Waals surface area (Å²) in [6, 6.07) is 26.1. The van der Waals surface area contributed by atoms with Crippen LogP contribution in [0.2, 0.25) is 5.02 Å². The van der Waals surface area contributed by atoms with E-state index < -0.39 is 0 Å². The van der Waals surface area contributed by atoms with Gasteiger partial charge in [-0.1, -0.05) is 54.1 Å². The van der Waals surface area contributed by atoms with Crippen LogP contribution in [-0.2, 0) is 0 Å². The van der Waals surface area contributed by atoms with E-state index in [1.165, 1.54) is 22.5 Å². The minimum absolute atomic E-state index is 0.107. The Balaban J connectivity index is 2.03. The predicted octanol–water partition coefficient (Wildman–Crippen LogP) is 7.21. The number of halogens is 1. The van der Waals surface area contributed by atoms with Gasteiger partial charge in [-0.3, -0.25) is 0 Å². The average Bonchev–Trinajstić information content (AvgIpc) is 2.79. The third-order valence-corrected chi connectivity index (χ3v) is 6.27. The Bertz CT molecular complexity index is 855. The molecule has 0 atom stereocenters. The van der Waals surface area contributed by atoms with E-state index in [9.17, 15) is 0 Å². The SMILES string of the molecule is CCN(CC)c1ccc(C(c2ccc(N(CC)CC)cc2)c2ccccc2Cl)cc1. The largest absolute Gasteiger partial charge is 0.372 e. The first kappa shape index (κ1) is 22.2. The topological polar surface area (TPSA) is 6.48 Å². The fourth-order valence-electron chi connectivity index (χ4n) is 4.19. The van der Waals surface area contributed by atoms with Gasteiger partial charge in [-0.25, -0.2) is 0 Å². The molecule has 0 N–H and O–H groups in total. The Kier molecular flexibility index (Phi) is 7.81. The minimum Gasteiger partial charge on any atom is -0.372 e. The van der Waals surface area contributed by atoms with Gasteiger partial charge in [0.1, 0.15) is 0 Å². The summed E-state index contributed by atoms with van der Waals surface area (Å²) in [5.41, 5.74) is 6.19. The predicted molar refractivity (Wildman–Crippen MR) is 132 cm³/mol. The van der Waals surface area contributed by atoms with Crippen LogP contribution in [0, 0.1) is 0 Å². The van der Waals surface area contributed by atoms with Gasteiger partial charge >= 0.3 is 0 Å². The lowest BCUT2D eigenvalue weighted by atomic mass is 9.85. The maximum Gasteiger partial charge on any atom is 0.0447 e. The van der Waals surface area contributed by atoms with Gasteiger partial charge in [0.25, 0.3) is 0 Å². The van der Waals surface area contributed by atoms with Gasteiger partial charge in [-0.05, 0) is 74.7 Å². The molecule has 0 unspecified atom stereocenters. The number of nitrogens with zero attached hydrogens (tertiary/aromatic N) is 2. The zero-order valence-corrected chi connectivity index (χ0v) is 19.4. The standard InChI is InChI=1S/C27H33ClN2/c1-5-29(6-2)23-17-13-21(14-18-23)27(25-11-9-10-12-26(25)28)22-15-19-24(20-16-22)30(7-3)8-4/h9-20,27H,5-8H2,1-4H3. The lowest BCUT2D eigenvalue weighted by Gasteiger charge is -2.25. The van der Waals surface area contributed by atoms with Crippen molar-refractivity contribution in [3.63, 3.8) is 0 Å². The molecule has 0 spiro atoms. The first-order valence-corrected chi connectivity index (χ1v) is 11.4. The van der Waals surface area contributed by atoms with E-state index in [2.05, 4.69) is 98.2 Å². The van der Waals surface area contributed by atoms with Gasteiger partial charge in [0.05, 0.1) is 0 Å². The van der Waals surface area contributed by atoms with Crippen molar-refractivity contribution in [1.82, 2.24) is 0 Å². The lowest BCUT2D eigenvalue weighted by molar-refractivity contribution is 0.862. The molecule has 158 valence electrons. The van der Waals surface area contributed by atoms with Gasteiger partial charge in [0.15, 0.2) is 0 Å². The first-order valence-electron chi connectivity index (χ1n) is 11.1. The third-order valence-electron chi connectivity index (χ3n) is 5.93. The van der Waals surface area contributed by atoms with E-state index in [1.807, 2.05) is 12.1 Å². The number of rotatable bonds is 9. The molecule has 2 nitrogen and oxygen atoms in total. The molecule has 0 bridgehead atoms. The highest BCUT2D eigenvalue weighted by atomic mass is 35.5. The van der Waals surface area contributed by atoms with E-state index in [1.54, 1.807) is 0 Å². The van der Waals surface area contributed by atoms with Crippen LogP contribution in [0.25, 0.3) is 0 Å². The van der Waals surface area contributed by atoms with Crippen molar-refractivity contribution in [3.05, 3.63) is 94.5 Å². The van der Waals surface area contributed by atoms with E-state index >= 15 is 0 Å². The summed E-state index contributed by atoms with van der Waals surface area (Å²) in [5.74, 6) is 0.107. The second-order valence-corrected chi connectivity index (χ2v) is 7.89. The van der Waals surface area contributed by atoms with Crippen molar-refractivity contribution in [2.45, 2.75) is 33.6 Å². The van der Waals surface area contributed by atoms with Crippen LogP contribution in [0.3, 0.4) is 0 Å². The Morgan fingerprint density at radius 2 is 1.00 bits per heavy atom. The smallest absolute Gasteiger partial charge is 0.0447 e. The maximum atomic E-state index is 6.66. The van der Waals surface area contributed by atoms with Crippen molar-refractivity contribution >= 4 is 23.0 Å². The second kappa shape index (κ2) is 10.5. The molecule has 3 aromatic carbocycles. The fourth-order valence-corrected chi connectivity index (χ4v) is 4.44. The average molecular weight is 421 g/mol. The summed E-state index contributed by atoms with van der Waals surface area (Å²) in [5, 5.41) is 0.808. The van der Waals surface area contributed by atoms with Gasteiger partial charge in [0, 0.05) is 48.5 Å². The van der Waals surface area contributed by atoms with Crippen molar-refractivity contribution in [3.8, 4) is 0 Å². The molecular weight excluding hydrogens is 388 g/mol. The van der Waals surface area contributed by atoms with Crippen molar-refractivity contribution < 1.29 is 0 Å². The number of benzene rings is 3. The quantitative estimate of drug-likeness (QED) is 0.337. The van der Waals surface area contributed by atoms with Gasteiger partial charge < -0.3 is 9.80 Å². The Morgan fingerprint density at radius 3 is 1.37 bits per heavy atom. The molecule has 0 aromatic heterocycles. The maximum absolute atomic E-state index is 6.66. The zero-order valence-electron chi connectivity index (χ0n) is 18.6. The third kappa shape index (κ3) is 4.82. The monoisotopic (exact) mass is 420 g/mol. The first-order chi connectivity index (χ1) is 14.6. The molecule has 3 aromatic rings. The summed E-state index contributed by atoms with van der Waals surface area (Å²) >= 11 is 6.66. The van der Waals surface area contributed by atoms with Crippen molar-refractivity contribution in [2.24, 2.45) is 0 Å².